The first-order valence-corrected chi connectivity index (χ1v) is 17.2. The van der Waals surface area contributed by atoms with E-state index in [1.54, 1.807) is 0 Å². The van der Waals surface area contributed by atoms with Crippen molar-refractivity contribution in [1.29, 1.82) is 0 Å². The smallest absolute Gasteiger partial charge is 0.0547 e. The van der Waals surface area contributed by atoms with Crippen LogP contribution in [-0.2, 0) is 0 Å². The fourth-order valence-electron chi connectivity index (χ4n) is 7.90. The lowest BCUT2D eigenvalue weighted by Gasteiger charge is -2.17. The Bertz CT molecular complexity index is 2840. The molecule has 0 atom stereocenters. The zero-order valence-corrected chi connectivity index (χ0v) is 27.4. The van der Waals surface area contributed by atoms with E-state index in [1.165, 1.54) is 82.7 Å². The van der Waals surface area contributed by atoms with Crippen LogP contribution in [0.15, 0.2) is 194 Å². The van der Waals surface area contributed by atoms with Crippen LogP contribution in [0.4, 0.5) is 0 Å². The van der Waals surface area contributed by atoms with Crippen LogP contribution < -0.4 is 0 Å². The van der Waals surface area contributed by atoms with E-state index in [0.29, 0.717) is 0 Å². The first kappa shape index (κ1) is 28.4. The molecule has 0 N–H and O–H groups in total. The van der Waals surface area contributed by atoms with E-state index in [1.807, 2.05) is 0 Å². The molecule has 0 fully saturated rings. The monoisotopic (exact) mass is 636 g/mol. The lowest BCUT2D eigenvalue weighted by Crippen LogP contribution is -1.98. The van der Waals surface area contributed by atoms with Crippen LogP contribution in [0, 0.1) is 0 Å². The first-order valence-electron chi connectivity index (χ1n) is 17.2. The molecule has 0 radical (unpaired) electrons. The normalized spacial score (nSPS) is 11.6. The summed E-state index contributed by atoms with van der Waals surface area (Å²) in [6.07, 6.45) is 0. The molecule has 0 saturated carbocycles. The highest BCUT2D eigenvalue weighted by molar-refractivity contribution is 6.17. The van der Waals surface area contributed by atoms with Gasteiger partial charge >= 0.3 is 0 Å². The lowest BCUT2D eigenvalue weighted by molar-refractivity contribution is 1.18. The van der Waals surface area contributed by atoms with Gasteiger partial charge in [0.1, 0.15) is 0 Å². The molecular weight excluding hydrogens is 605 g/mol. The molecule has 0 bridgehead atoms. The minimum atomic E-state index is 1.16. The van der Waals surface area contributed by atoms with Gasteiger partial charge in [-0.25, -0.2) is 0 Å². The highest BCUT2D eigenvalue weighted by atomic mass is 15.0. The van der Waals surface area contributed by atoms with E-state index in [2.05, 4.69) is 203 Å². The summed E-state index contributed by atoms with van der Waals surface area (Å²) in [5, 5.41) is 5.01. The summed E-state index contributed by atoms with van der Waals surface area (Å²) in [5.74, 6) is 0. The minimum Gasteiger partial charge on any atom is -0.309 e. The molecule has 10 aromatic rings. The van der Waals surface area contributed by atoms with Crippen molar-refractivity contribution in [3.8, 4) is 44.8 Å². The van der Waals surface area contributed by atoms with Gasteiger partial charge in [-0.15, -0.1) is 0 Å². The minimum absolute atomic E-state index is 1.16. The van der Waals surface area contributed by atoms with Crippen molar-refractivity contribution in [2.45, 2.75) is 0 Å². The number of fused-ring (bicyclic) bond motifs is 6. The van der Waals surface area contributed by atoms with Gasteiger partial charge in [-0.1, -0.05) is 152 Å². The Morgan fingerprint density at radius 2 is 0.860 bits per heavy atom. The number of hydrogen-bond donors (Lipinski definition) is 0. The number of benzene rings is 8. The molecule has 2 heteroatoms. The van der Waals surface area contributed by atoms with Crippen LogP contribution in [0.5, 0.6) is 0 Å². The maximum atomic E-state index is 2.48. The molecule has 8 aromatic carbocycles. The van der Waals surface area contributed by atoms with Crippen molar-refractivity contribution in [2.75, 3.05) is 0 Å². The highest BCUT2D eigenvalue weighted by Crippen LogP contribution is 2.42. The van der Waals surface area contributed by atoms with Gasteiger partial charge in [-0.3, -0.25) is 0 Å². The highest BCUT2D eigenvalue weighted by Gasteiger charge is 2.20. The second-order valence-electron chi connectivity index (χ2n) is 12.9. The lowest BCUT2D eigenvalue weighted by atomic mass is 9.97. The van der Waals surface area contributed by atoms with Gasteiger partial charge in [-0.05, 0) is 70.3 Å². The van der Waals surface area contributed by atoms with Crippen LogP contribution in [0.1, 0.15) is 0 Å². The second-order valence-corrected chi connectivity index (χ2v) is 12.9. The number of nitrogens with zero attached hydrogens (tertiary/aromatic N) is 2. The van der Waals surface area contributed by atoms with Gasteiger partial charge in [-0.2, -0.15) is 0 Å². The molecule has 2 heterocycles. The summed E-state index contributed by atoms with van der Waals surface area (Å²) >= 11 is 0. The third kappa shape index (κ3) is 4.43. The van der Waals surface area contributed by atoms with E-state index in [4.69, 9.17) is 0 Å². The maximum Gasteiger partial charge on any atom is 0.0547 e. The molecule has 0 amide bonds. The number of para-hydroxylation sites is 3. The molecule has 2 aromatic heterocycles. The summed E-state index contributed by atoms with van der Waals surface area (Å²) in [6, 6.07) is 70.4. The van der Waals surface area contributed by atoms with Crippen LogP contribution in [-0.4, -0.2) is 9.13 Å². The molecule has 0 aliphatic rings. The summed E-state index contributed by atoms with van der Waals surface area (Å²) in [5.41, 5.74) is 14.4. The summed E-state index contributed by atoms with van der Waals surface area (Å²) in [6.45, 7) is 0. The number of rotatable bonds is 5. The van der Waals surface area contributed by atoms with Crippen molar-refractivity contribution < 1.29 is 0 Å². The van der Waals surface area contributed by atoms with Crippen molar-refractivity contribution in [3.63, 3.8) is 0 Å². The fraction of sp³-hybridized carbons (Fsp3) is 0. The van der Waals surface area contributed by atoms with E-state index < -0.39 is 0 Å². The van der Waals surface area contributed by atoms with E-state index >= 15 is 0 Å². The van der Waals surface area contributed by atoms with Crippen molar-refractivity contribution in [1.82, 2.24) is 9.13 Å². The SMILES string of the molecule is c1ccc(-c2ccc(-c3ccccc3)c(-n3c4ccccc4c4ccc(-c5cccc6c5c5ccccc5n6-c5ccccc5)cc43)c2)cc1. The molecule has 0 saturated heterocycles. The van der Waals surface area contributed by atoms with Gasteiger partial charge in [0, 0.05) is 32.8 Å². The van der Waals surface area contributed by atoms with Crippen LogP contribution in [0.3, 0.4) is 0 Å². The van der Waals surface area contributed by atoms with Gasteiger partial charge < -0.3 is 9.13 Å². The standard InChI is InChI=1S/C48H32N2/c1-4-15-33(16-5-1)35-27-29-38(34-17-6-2-7-18-34)46(31-35)50-43-24-12-10-21-40(43)41-30-28-36(32-47(41)50)39-23-14-26-45-48(39)42-22-11-13-25-44(42)49(45)37-19-8-3-9-20-37/h1-32H. The average Bonchev–Trinajstić information content (AvgIpc) is 3.71. The molecule has 0 unspecified atom stereocenters. The predicted molar refractivity (Wildman–Crippen MR) is 211 cm³/mol. The topological polar surface area (TPSA) is 9.86 Å². The molecule has 2 nitrogen and oxygen atoms in total. The molecule has 50 heavy (non-hydrogen) atoms. The Balaban J connectivity index is 1.28. The molecule has 0 aliphatic heterocycles. The van der Waals surface area contributed by atoms with Crippen LogP contribution in [0.25, 0.3) is 88.4 Å². The van der Waals surface area contributed by atoms with Crippen molar-refractivity contribution in [2.24, 2.45) is 0 Å². The van der Waals surface area contributed by atoms with Crippen LogP contribution in [0.2, 0.25) is 0 Å². The quantitative estimate of drug-likeness (QED) is 0.178. The van der Waals surface area contributed by atoms with Gasteiger partial charge in [0.05, 0.1) is 27.8 Å². The van der Waals surface area contributed by atoms with Gasteiger partial charge in [0.25, 0.3) is 0 Å². The van der Waals surface area contributed by atoms with Crippen LogP contribution >= 0.6 is 0 Å². The molecular formula is C48H32N2. The zero-order valence-electron chi connectivity index (χ0n) is 27.4. The summed E-state index contributed by atoms with van der Waals surface area (Å²) in [4.78, 5) is 0. The van der Waals surface area contributed by atoms with Gasteiger partial charge in [0.2, 0.25) is 0 Å². The molecule has 0 aliphatic carbocycles. The van der Waals surface area contributed by atoms with Crippen molar-refractivity contribution >= 4 is 43.6 Å². The number of aromatic nitrogens is 2. The van der Waals surface area contributed by atoms with E-state index in [9.17, 15) is 0 Å². The number of hydrogen-bond acceptors (Lipinski definition) is 0. The predicted octanol–water partition coefficient (Wildman–Crippen LogP) is 12.9. The molecule has 234 valence electrons. The summed E-state index contributed by atoms with van der Waals surface area (Å²) in [7, 11) is 0. The Morgan fingerprint density at radius 3 is 1.62 bits per heavy atom. The Kier molecular flexibility index (Phi) is 6.53. The molecule has 10 rings (SSSR count). The Morgan fingerprint density at radius 1 is 0.280 bits per heavy atom. The third-order valence-electron chi connectivity index (χ3n) is 10.1. The molecule has 0 spiro atoms. The summed E-state index contributed by atoms with van der Waals surface area (Å²) < 4.78 is 4.88. The van der Waals surface area contributed by atoms with E-state index in [0.717, 1.165) is 5.69 Å². The van der Waals surface area contributed by atoms with Gasteiger partial charge in [0.15, 0.2) is 0 Å². The first-order chi connectivity index (χ1) is 24.8. The zero-order chi connectivity index (χ0) is 33.0. The second kappa shape index (κ2) is 11.5. The third-order valence-corrected chi connectivity index (χ3v) is 10.1. The fourth-order valence-corrected chi connectivity index (χ4v) is 7.90. The largest absolute Gasteiger partial charge is 0.309 e. The maximum absolute atomic E-state index is 2.48. The average molecular weight is 637 g/mol. The Labute approximate surface area is 290 Å². The van der Waals surface area contributed by atoms with Crippen molar-refractivity contribution in [3.05, 3.63) is 194 Å². The van der Waals surface area contributed by atoms with E-state index in [-0.39, 0.29) is 0 Å². The Hall–Kier alpha value is -6.64.